The van der Waals surface area contributed by atoms with E-state index in [1.807, 2.05) is 30.3 Å². The number of hydrogen-bond donors (Lipinski definition) is 1. The largest absolute Gasteiger partial charge is 0.382 e. The van der Waals surface area contributed by atoms with E-state index in [1.165, 1.54) is 0 Å². The van der Waals surface area contributed by atoms with Crippen molar-refractivity contribution in [3.05, 3.63) is 41.0 Å². The van der Waals surface area contributed by atoms with Crippen molar-refractivity contribution in [1.82, 2.24) is 10.2 Å². The molecule has 0 radical (unpaired) electrons. The highest BCUT2D eigenvalue weighted by molar-refractivity contribution is 9.10. The van der Waals surface area contributed by atoms with Crippen LogP contribution in [0.15, 0.2) is 41.0 Å². The second kappa shape index (κ2) is 3.75. The van der Waals surface area contributed by atoms with Crippen LogP contribution < -0.4 is 5.73 Å². The Bertz CT molecular complexity index is 413. The monoisotopic (exact) mass is 249 g/mol. The van der Waals surface area contributed by atoms with Gasteiger partial charge in [-0.1, -0.05) is 34.1 Å². The molecule has 1 aromatic heterocycles. The Hall–Kier alpha value is -1.42. The van der Waals surface area contributed by atoms with Gasteiger partial charge in [0.05, 0.1) is 6.20 Å². The molecule has 0 atom stereocenters. The van der Waals surface area contributed by atoms with Crippen LogP contribution in [0.2, 0.25) is 0 Å². The lowest BCUT2D eigenvalue weighted by atomic mass is 10.1. The number of rotatable bonds is 1. The lowest BCUT2D eigenvalue weighted by Gasteiger charge is -2.05. The minimum Gasteiger partial charge on any atom is -0.382 e. The lowest BCUT2D eigenvalue weighted by molar-refractivity contribution is 1.04. The molecule has 0 spiro atoms. The summed E-state index contributed by atoms with van der Waals surface area (Å²) in [6.45, 7) is 0. The molecule has 2 rings (SSSR count). The summed E-state index contributed by atoms with van der Waals surface area (Å²) in [6, 6.07) is 9.72. The van der Waals surface area contributed by atoms with Gasteiger partial charge in [0.25, 0.3) is 0 Å². The number of halogens is 1. The summed E-state index contributed by atoms with van der Waals surface area (Å²) in [5.74, 6) is 0.444. The van der Waals surface area contributed by atoms with Crippen LogP contribution in [0.1, 0.15) is 0 Å². The van der Waals surface area contributed by atoms with Crippen LogP contribution in [0.3, 0.4) is 0 Å². The number of hydrogen-bond acceptors (Lipinski definition) is 3. The molecule has 0 amide bonds. The average molecular weight is 250 g/mol. The third kappa shape index (κ3) is 1.61. The standard InChI is InChI=1S/C10H8BrN3/c11-9-4-2-1-3-7(9)8-5-6-13-14-10(8)12/h1-6H,(H2,12,14). The molecule has 14 heavy (non-hydrogen) atoms. The SMILES string of the molecule is Nc1nnccc1-c1ccccc1Br. The van der Waals surface area contributed by atoms with Crippen molar-refractivity contribution in [2.75, 3.05) is 5.73 Å². The van der Waals surface area contributed by atoms with Gasteiger partial charge in [-0.3, -0.25) is 0 Å². The van der Waals surface area contributed by atoms with Crippen molar-refractivity contribution >= 4 is 21.7 Å². The Labute approximate surface area is 90.1 Å². The van der Waals surface area contributed by atoms with Gasteiger partial charge in [0.2, 0.25) is 0 Å². The number of anilines is 1. The molecule has 2 aromatic rings. The van der Waals surface area contributed by atoms with E-state index in [9.17, 15) is 0 Å². The van der Waals surface area contributed by atoms with Gasteiger partial charge in [0.1, 0.15) is 0 Å². The van der Waals surface area contributed by atoms with Crippen LogP contribution in [-0.2, 0) is 0 Å². The van der Waals surface area contributed by atoms with Crippen molar-refractivity contribution in [1.29, 1.82) is 0 Å². The molecule has 2 N–H and O–H groups in total. The van der Waals surface area contributed by atoms with E-state index in [4.69, 9.17) is 5.73 Å². The third-order valence-corrected chi connectivity index (χ3v) is 2.60. The molecule has 3 nitrogen and oxygen atoms in total. The van der Waals surface area contributed by atoms with Gasteiger partial charge in [0, 0.05) is 10.0 Å². The molecule has 0 aliphatic heterocycles. The Morgan fingerprint density at radius 2 is 1.86 bits per heavy atom. The van der Waals surface area contributed by atoms with E-state index in [0.717, 1.165) is 15.6 Å². The predicted octanol–water partition coefficient (Wildman–Crippen LogP) is 2.49. The second-order valence-electron chi connectivity index (χ2n) is 2.81. The number of nitrogens with zero attached hydrogens (tertiary/aromatic N) is 2. The van der Waals surface area contributed by atoms with Gasteiger partial charge < -0.3 is 5.73 Å². The fourth-order valence-corrected chi connectivity index (χ4v) is 1.75. The van der Waals surface area contributed by atoms with Crippen molar-refractivity contribution < 1.29 is 0 Å². The fraction of sp³-hybridized carbons (Fsp3) is 0. The zero-order valence-corrected chi connectivity index (χ0v) is 8.90. The van der Waals surface area contributed by atoms with E-state index >= 15 is 0 Å². The minimum atomic E-state index is 0.444. The molecule has 0 bridgehead atoms. The van der Waals surface area contributed by atoms with Crippen LogP contribution in [0.25, 0.3) is 11.1 Å². The zero-order valence-electron chi connectivity index (χ0n) is 7.31. The lowest BCUT2D eigenvalue weighted by Crippen LogP contribution is -1.95. The van der Waals surface area contributed by atoms with Gasteiger partial charge in [-0.25, -0.2) is 0 Å². The van der Waals surface area contributed by atoms with E-state index in [-0.39, 0.29) is 0 Å². The van der Waals surface area contributed by atoms with Crippen LogP contribution in [0, 0.1) is 0 Å². The molecular weight excluding hydrogens is 242 g/mol. The molecule has 0 aliphatic carbocycles. The zero-order chi connectivity index (χ0) is 9.97. The molecule has 70 valence electrons. The van der Waals surface area contributed by atoms with Gasteiger partial charge >= 0.3 is 0 Å². The van der Waals surface area contributed by atoms with Gasteiger partial charge in [-0.2, -0.15) is 5.10 Å². The molecule has 0 fully saturated rings. The topological polar surface area (TPSA) is 51.8 Å². The summed E-state index contributed by atoms with van der Waals surface area (Å²) < 4.78 is 1.000. The van der Waals surface area contributed by atoms with E-state index in [2.05, 4.69) is 26.1 Å². The Balaban J connectivity index is 2.61. The molecule has 1 heterocycles. The molecule has 1 aromatic carbocycles. The normalized spacial score (nSPS) is 10.1. The summed E-state index contributed by atoms with van der Waals surface area (Å²) in [4.78, 5) is 0. The maximum Gasteiger partial charge on any atom is 0.154 e. The maximum atomic E-state index is 5.73. The fourth-order valence-electron chi connectivity index (χ4n) is 1.25. The summed E-state index contributed by atoms with van der Waals surface area (Å²) in [7, 11) is 0. The quantitative estimate of drug-likeness (QED) is 0.845. The summed E-state index contributed by atoms with van der Waals surface area (Å²) in [5.41, 5.74) is 7.65. The maximum absolute atomic E-state index is 5.73. The van der Waals surface area contributed by atoms with Gasteiger partial charge in [0.15, 0.2) is 5.82 Å². The van der Waals surface area contributed by atoms with Crippen LogP contribution in [0.4, 0.5) is 5.82 Å². The molecule has 0 saturated heterocycles. The highest BCUT2D eigenvalue weighted by Gasteiger charge is 2.05. The van der Waals surface area contributed by atoms with Crippen molar-refractivity contribution in [3.8, 4) is 11.1 Å². The first-order valence-electron chi connectivity index (χ1n) is 4.11. The van der Waals surface area contributed by atoms with Crippen molar-refractivity contribution in [3.63, 3.8) is 0 Å². The molecule has 0 saturated carbocycles. The van der Waals surface area contributed by atoms with E-state index < -0.39 is 0 Å². The van der Waals surface area contributed by atoms with Crippen LogP contribution in [-0.4, -0.2) is 10.2 Å². The number of benzene rings is 1. The van der Waals surface area contributed by atoms with Crippen LogP contribution in [0.5, 0.6) is 0 Å². The number of nitrogens with two attached hydrogens (primary N) is 1. The summed E-state index contributed by atoms with van der Waals surface area (Å²) in [6.07, 6.45) is 1.63. The van der Waals surface area contributed by atoms with Gasteiger partial charge in [-0.15, -0.1) is 5.10 Å². The second-order valence-corrected chi connectivity index (χ2v) is 3.66. The predicted molar refractivity (Wildman–Crippen MR) is 59.6 cm³/mol. The smallest absolute Gasteiger partial charge is 0.154 e. The summed E-state index contributed by atoms with van der Waals surface area (Å²) in [5, 5.41) is 7.51. The Kier molecular flexibility index (Phi) is 2.45. The Morgan fingerprint density at radius 1 is 1.07 bits per heavy atom. The van der Waals surface area contributed by atoms with Gasteiger partial charge in [-0.05, 0) is 17.7 Å². The first kappa shape index (κ1) is 9.15. The Morgan fingerprint density at radius 3 is 2.57 bits per heavy atom. The molecule has 0 aliphatic rings. The minimum absolute atomic E-state index is 0.444. The first-order chi connectivity index (χ1) is 6.79. The molecule has 0 unspecified atom stereocenters. The first-order valence-corrected chi connectivity index (χ1v) is 4.90. The number of nitrogen functional groups attached to an aromatic ring is 1. The van der Waals surface area contributed by atoms with Crippen LogP contribution >= 0.6 is 15.9 Å². The highest BCUT2D eigenvalue weighted by atomic mass is 79.9. The van der Waals surface area contributed by atoms with E-state index in [1.54, 1.807) is 6.20 Å². The molecular formula is C10H8BrN3. The van der Waals surface area contributed by atoms with E-state index in [0.29, 0.717) is 5.82 Å². The number of aromatic nitrogens is 2. The molecule has 4 heteroatoms. The summed E-state index contributed by atoms with van der Waals surface area (Å²) >= 11 is 3.46. The average Bonchev–Trinajstić information content (AvgIpc) is 2.20. The van der Waals surface area contributed by atoms with Crippen molar-refractivity contribution in [2.45, 2.75) is 0 Å². The van der Waals surface area contributed by atoms with Crippen molar-refractivity contribution in [2.24, 2.45) is 0 Å². The third-order valence-electron chi connectivity index (χ3n) is 1.91. The highest BCUT2D eigenvalue weighted by Crippen LogP contribution is 2.30.